The van der Waals surface area contributed by atoms with Gasteiger partial charge in [-0.1, -0.05) is 6.92 Å². The van der Waals surface area contributed by atoms with Crippen LogP contribution in [-0.4, -0.2) is 17.4 Å². The molecule has 1 atom stereocenters. The van der Waals surface area contributed by atoms with E-state index in [0.29, 0.717) is 6.54 Å². The fraction of sp³-hybridized carbons (Fsp3) is 0.500. The van der Waals surface area contributed by atoms with Crippen LogP contribution in [0.4, 0.5) is 0 Å². The molecule has 13 heavy (non-hydrogen) atoms. The summed E-state index contributed by atoms with van der Waals surface area (Å²) < 4.78 is 0. The lowest BCUT2D eigenvalue weighted by Gasteiger charge is -2.06. The minimum Gasteiger partial charge on any atom is -0.355 e. The second-order valence-electron chi connectivity index (χ2n) is 2.56. The Balaban J connectivity index is 2.48. The summed E-state index contributed by atoms with van der Waals surface area (Å²) in [6.07, 6.45) is 2.53. The van der Waals surface area contributed by atoms with E-state index in [4.69, 9.17) is 11.6 Å². The molecule has 1 aromatic rings. The Morgan fingerprint density at radius 1 is 1.85 bits per heavy atom. The number of amides is 1. The van der Waals surface area contributed by atoms with Gasteiger partial charge in [-0.25, -0.2) is 0 Å². The van der Waals surface area contributed by atoms with Gasteiger partial charge in [0.05, 0.1) is 10.4 Å². The van der Waals surface area contributed by atoms with Crippen molar-refractivity contribution in [2.24, 2.45) is 0 Å². The highest BCUT2D eigenvalue weighted by Gasteiger charge is 2.17. The molecule has 0 aliphatic rings. The van der Waals surface area contributed by atoms with Gasteiger partial charge in [-0.15, -0.1) is 22.9 Å². The van der Waals surface area contributed by atoms with Crippen LogP contribution in [0.15, 0.2) is 11.7 Å². The number of hydrogen-bond acceptors (Lipinski definition) is 3. The molecule has 0 fully saturated rings. The van der Waals surface area contributed by atoms with Crippen LogP contribution in [0.2, 0.25) is 0 Å². The van der Waals surface area contributed by atoms with Gasteiger partial charge in [0, 0.05) is 12.7 Å². The number of halogens is 1. The highest BCUT2D eigenvalue weighted by atomic mass is 35.5. The number of carbonyl (C=O) groups excluding carboxylic acids is 1. The first-order valence-corrected chi connectivity index (χ1v) is 5.37. The van der Waals surface area contributed by atoms with Crippen LogP contribution < -0.4 is 5.32 Å². The fourth-order valence-corrected chi connectivity index (χ4v) is 1.70. The molecular formula is C8H11ClN2OS. The van der Waals surface area contributed by atoms with Gasteiger partial charge in [-0.2, -0.15) is 0 Å². The summed E-state index contributed by atoms with van der Waals surface area (Å²) in [5.41, 5.74) is 1.66. The third kappa shape index (κ3) is 2.97. The molecule has 0 aliphatic carbocycles. The Hall–Kier alpha value is -0.610. The van der Waals surface area contributed by atoms with E-state index >= 15 is 0 Å². The summed E-state index contributed by atoms with van der Waals surface area (Å²) >= 11 is 7.28. The molecule has 0 aliphatic heterocycles. The summed E-state index contributed by atoms with van der Waals surface area (Å²) in [6, 6.07) is 0. The van der Waals surface area contributed by atoms with Crippen LogP contribution in [0.25, 0.3) is 0 Å². The first-order valence-electron chi connectivity index (χ1n) is 4.06. The molecule has 72 valence electrons. The Morgan fingerprint density at radius 2 is 2.62 bits per heavy atom. The number of nitrogens with zero attached hydrogens (tertiary/aromatic N) is 1. The number of alkyl halides is 1. The number of aromatic nitrogens is 1. The fourth-order valence-electron chi connectivity index (χ4n) is 0.818. The van der Waals surface area contributed by atoms with E-state index in [0.717, 1.165) is 11.3 Å². The molecule has 1 N–H and O–H groups in total. The zero-order valence-electron chi connectivity index (χ0n) is 7.29. The van der Waals surface area contributed by atoms with Crippen molar-refractivity contribution in [3.63, 3.8) is 0 Å². The Labute approximate surface area is 86.1 Å². The topological polar surface area (TPSA) is 42.0 Å². The van der Waals surface area contributed by atoms with Crippen molar-refractivity contribution in [2.45, 2.75) is 18.7 Å². The molecule has 1 heterocycles. The Kier molecular flexibility index (Phi) is 4.18. The van der Waals surface area contributed by atoms with Crippen LogP contribution in [0.5, 0.6) is 0 Å². The van der Waals surface area contributed by atoms with E-state index in [1.54, 1.807) is 11.7 Å². The lowest BCUT2D eigenvalue weighted by Crippen LogP contribution is -2.27. The van der Waals surface area contributed by atoms with Crippen molar-refractivity contribution in [3.8, 4) is 0 Å². The lowest BCUT2D eigenvalue weighted by molar-refractivity contribution is -0.120. The average molecular weight is 219 g/mol. The van der Waals surface area contributed by atoms with Crippen molar-refractivity contribution >= 4 is 28.8 Å². The van der Waals surface area contributed by atoms with Crippen molar-refractivity contribution in [1.82, 2.24) is 10.3 Å². The molecule has 3 nitrogen and oxygen atoms in total. The third-order valence-electron chi connectivity index (χ3n) is 1.48. The quantitative estimate of drug-likeness (QED) is 0.785. The molecular weight excluding hydrogens is 208 g/mol. The molecule has 1 aromatic heterocycles. The lowest BCUT2D eigenvalue weighted by atomic mass is 10.3. The predicted octanol–water partition coefficient (Wildman–Crippen LogP) is 1.95. The van der Waals surface area contributed by atoms with Gasteiger partial charge in [0.2, 0.25) is 5.91 Å². The third-order valence-corrected chi connectivity index (χ3v) is 2.88. The average Bonchev–Trinajstić information content (AvgIpc) is 2.65. The minimum absolute atomic E-state index is 0.146. The van der Waals surface area contributed by atoms with Gasteiger partial charge < -0.3 is 5.32 Å². The smallest absolute Gasteiger partial charge is 0.243 e. The second-order valence-corrected chi connectivity index (χ2v) is 3.91. The van der Waals surface area contributed by atoms with Crippen molar-refractivity contribution < 1.29 is 4.79 Å². The zero-order chi connectivity index (χ0) is 9.68. The van der Waals surface area contributed by atoms with Crippen LogP contribution in [0.3, 0.4) is 0 Å². The standard InChI is InChI=1S/C8H11ClN2OS/c1-2-3-11-8(12)7(9)6-4-10-5-13-6/h4-5,7H,2-3H2,1H3,(H,11,12). The van der Waals surface area contributed by atoms with E-state index in [9.17, 15) is 4.79 Å². The number of rotatable bonds is 4. The summed E-state index contributed by atoms with van der Waals surface area (Å²) in [6.45, 7) is 2.66. The van der Waals surface area contributed by atoms with E-state index in [1.807, 2.05) is 6.92 Å². The predicted molar refractivity (Wildman–Crippen MR) is 54.0 cm³/mol. The molecule has 5 heteroatoms. The molecule has 1 unspecified atom stereocenters. The van der Waals surface area contributed by atoms with Gasteiger partial charge in [-0.3, -0.25) is 9.78 Å². The SMILES string of the molecule is CCCNC(=O)C(Cl)c1cncs1. The van der Waals surface area contributed by atoms with E-state index < -0.39 is 5.38 Å². The van der Waals surface area contributed by atoms with Crippen LogP contribution >= 0.6 is 22.9 Å². The maximum Gasteiger partial charge on any atom is 0.243 e. The summed E-state index contributed by atoms with van der Waals surface area (Å²) in [5.74, 6) is -0.146. The number of nitrogens with one attached hydrogen (secondary N) is 1. The highest BCUT2D eigenvalue weighted by molar-refractivity contribution is 7.10. The van der Waals surface area contributed by atoms with E-state index in [-0.39, 0.29) is 5.91 Å². The Bertz CT molecular complexity index is 263. The second kappa shape index (κ2) is 5.19. The number of thiazole rings is 1. The summed E-state index contributed by atoms with van der Waals surface area (Å²) in [5, 5.41) is 2.13. The van der Waals surface area contributed by atoms with Crippen LogP contribution in [-0.2, 0) is 4.79 Å². The molecule has 0 saturated heterocycles. The van der Waals surface area contributed by atoms with Crippen molar-refractivity contribution in [1.29, 1.82) is 0 Å². The molecule has 0 saturated carbocycles. The zero-order valence-corrected chi connectivity index (χ0v) is 8.86. The van der Waals surface area contributed by atoms with Crippen molar-refractivity contribution in [3.05, 3.63) is 16.6 Å². The first-order chi connectivity index (χ1) is 6.25. The van der Waals surface area contributed by atoms with Crippen LogP contribution in [0.1, 0.15) is 23.6 Å². The van der Waals surface area contributed by atoms with E-state index in [2.05, 4.69) is 10.3 Å². The van der Waals surface area contributed by atoms with Crippen LogP contribution in [0, 0.1) is 0 Å². The summed E-state index contributed by atoms with van der Waals surface area (Å²) in [7, 11) is 0. The number of carbonyl (C=O) groups is 1. The maximum atomic E-state index is 11.3. The number of hydrogen-bond donors (Lipinski definition) is 1. The maximum absolute atomic E-state index is 11.3. The largest absolute Gasteiger partial charge is 0.355 e. The molecule has 1 amide bonds. The minimum atomic E-state index is -0.598. The van der Waals surface area contributed by atoms with E-state index in [1.165, 1.54) is 11.3 Å². The highest BCUT2D eigenvalue weighted by Crippen LogP contribution is 2.23. The molecule has 0 radical (unpaired) electrons. The Morgan fingerprint density at radius 3 is 3.15 bits per heavy atom. The van der Waals surface area contributed by atoms with Gasteiger partial charge in [0.15, 0.2) is 0 Å². The molecule has 0 bridgehead atoms. The van der Waals surface area contributed by atoms with Gasteiger partial charge in [-0.05, 0) is 6.42 Å². The normalized spacial score (nSPS) is 12.5. The van der Waals surface area contributed by atoms with Gasteiger partial charge in [0.1, 0.15) is 5.38 Å². The first kappa shape index (κ1) is 10.5. The van der Waals surface area contributed by atoms with Gasteiger partial charge >= 0.3 is 0 Å². The summed E-state index contributed by atoms with van der Waals surface area (Å²) in [4.78, 5) is 16.0. The monoisotopic (exact) mass is 218 g/mol. The van der Waals surface area contributed by atoms with Crippen molar-refractivity contribution in [2.75, 3.05) is 6.54 Å². The molecule has 0 aromatic carbocycles. The van der Waals surface area contributed by atoms with Gasteiger partial charge in [0.25, 0.3) is 0 Å². The molecule has 1 rings (SSSR count). The molecule has 0 spiro atoms.